The minimum absolute atomic E-state index is 0.132. The highest BCUT2D eigenvalue weighted by molar-refractivity contribution is 5.93. The van der Waals surface area contributed by atoms with Gasteiger partial charge in [-0.05, 0) is 30.3 Å². The van der Waals surface area contributed by atoms with E-state index in [4.69, 9.17) is 14.2 Å². The largest absolute Gasteiger partial charge is 0.483 e. The Morgan fingerprint density at radius 1 is 1.18 bits per heavy atom. The van der Waals surface area contributed by atoms with Crippen molar-refractivity contribution in [2.75, 3.05) is 18.7 Å². The standard InChI is InChI=1S/C21H18N2O5/c1-2-9-23-10-8-15-16(21(23)25)4-3-5-17(15)26-12-20(24)22-14-6-7-18-19(11-14)28-13-27-18/h2-8,10-11H,1,9,12-13H2,(H,22,24). The third-order valence-electron chi connectivity index (χ3n) is 4.32. The maximum Gasteiger partial charge on any atom is 0.262 e. The molecular weight excluding hydrogens is 360 g/mol. The van der Waals surface area contributed by atoms with Gasteiger partial charge in [0.15, 0.2) is 18.1 Å². The summed E-state index contributed by atoms with van der Waals surface area (Å²) in [6.07, 6.45) is 3.35. The quantitative estimate of drug-likeness (QED) is 0.667. The predicted molar refractivity (Wildman–Crippen MR) is 105 cm³/mol. The third-order valence-corrected chi connectivity index (χ3v) is 4.32. The van der Waals surface area contributed by atoms with Crippen molar-refractivity contribution >= 4 is 22.4 Å². The molecule has 0 radical (unpaired) electrons. The van der Waals surface area contributed by atoms with Gasteiger partial charge in [0.2, 0.25) is 6.79 Å². The van der Waals surface area contributed by atoms with Crippen molar-refractivity contribution in [3.05, 3.63) is 71.7 Å². The maximum atomic E-state index is 12.5. The van der Waals surface area contributed by atoms with Crippen LogP contribution in [0, 0.1) is 0 Å². The van der Waals surface area contributed by atoms with E-state index in [1.807, 2.05) is 0 Å². The SMILES string of the molecule is C=CCn1ccc2c(OCC(=O)Nc3ccc4c(c3)OCO4)cccc2c1=O. The monoisotopic (exact) mass is 378 g/mol. The lowest BCUT2D eigenvalue weighted by molar-refractivity contribution is -0.118. The molecule has 142 valence electrons. The molecule has 0 atom stereocenters. The van der Waals surface area contributed by atoms with Crippen LogP contribution in [0.15, 0.2) is 66.1 Å². The van der Waals surface area contributed by atoms with Gasteiger partial charge in [0.1, 0.15) is 5.75 Å². The molecule has 1 N–H and O–H groups in total. The van der Waals surface area contributed by atoms with E-state index < -0.39 is 0 Å². The van der Waals surface area contributed by atoms with Crippen LogP contribution in [-0.4, -0.2) is 23.9 Å². The number of nitrogens with zero attached hydrogens (tertiary/aromatic N) is 1. The summed E-state index contributed by atoms with van der Waals surface area (Å²) in [6, 6.07) is 12.1. The number of carbonyl (C=O) groups excluding carboxylic acids is 1. The first kappa shape index (κ1) is 17.7. The molecule has 0 bridgehead atoms. The zero-order valence-electron chi connectivity index (χ0n) is 15.0. The molecule has 1 aliphatic rings. The average Bonchev–Trinajstić information content (AvgIpc) is 3.16. The highest BCUT2D eigenvalue weighted by Gasteiger charge is 2.14. The van der Waals surface area contributed by atoms with E-state index in [0.717, 1.165) is 0 Å². The van der Waals surface area contributed by atoms with Crippen molar-refractivity contribution in [3.63, 3.8) is 0 Å². The van der Waals surface area contributed by atoms with Crippen LogP contribution < -0.4 is 25.1 Å². The van der Waals surface area contributed by atoms with E-state index in [9.17, 15) is 9.59 Å². The summed E-state index contributed by atoms with van der Waals surface area (Å²) < 4.78 is 17.8. The molecule has 0 saturated heterocycles. The molecule has 2 aromatic carbocycles. The highest BCUT2D eigenvalue weighted by atomic mass is 16.7. The molecule has 0 unspecified atom stereocenters. The Morgan fingerprint density at radius 3 is 2.89 bits per heavy atom. The summed E-state index contributed by atoms with van der Waals surface area (Å²) in [5, 5.41) is 3.93. The molecule has 0 aliphatic carbocycles. The summed E-state index contributed by atoms with van der Waals surface area (Å²) >= 11 is 0. The number of benzene rings is 2. The zero-order valence-corrected chi connectivity index (χ0v) is 15.0. The van der Waals surface area contributed by atoms with Gasteiger partial charge in [-0.25, -0.2) is 0 Å². The number of carbonyl (C=O) groups is 1. The zero-order chi connectivity index (χ0) is 19.5. The summed E-state index contributed by atoms with van der Waals surface area (Å²) in [5.41, 5.74) is 0.454. The number of anilines is 1. The number of hydrogen-bond donors (Lipinski definition) is 1. The average molecular weight is 378 g/mol. The third kappa shape index (κ3) is 3.42. The molecule has 2 heterocycles. The van der Waals surface area contributed by atoms with Crippen LogP contribution in [0.3, 0.4) is 0 Å². The van der Waals surface area contributed by atoms with Crippen molar-refractivity contribution in [2.24, 2.45) is 0 Å². The fraction of sp³-hybridized carbons (Fsp3) is 0.143. The number of hydrogen-bond acceptors (Lipinski definition) is 5. The lowest BCUT2D eigenvalue weighted by Gasteiger charge is -2.11. The Kier molecular flexibility index (Phi) is 4.72. The highest BCUT2D eigenvalue weighted by Crippen LogP contribution is 2.34. The maximum absolute atomic E-state index is 12.5. The number of aromatic nitrogens is 1. The Bertz CT molecular complexity index is 1120. The number of ether oxygens (including phenoxy) is 3. The van der Waals surface area contributed by atoms with Gasteiger partial charge < -0.3 is 24.1 Å². The minimum Gasteiger partial charge on any atom is -0.483 e. The van der Waals surface area contributed by atoms with Crippen molar-refractivity contribution in [2.45, 2.75) is 6.54 Å². The number of fused-ring (bicyclic) bond motifs is 2. The van der Waals surface area contributed by atoms with Crippen LogP contribution in [0.25, 0.3) is 10.8 Å². The van der Waals surface area contributed by atoms with Crippen molar-refractivity contribution in [3.8, 4) is 17.2 Å². The van der Waals surface area contributed by atoms with Gasteiger partial charge in [-0.15, -0.1) is 6.58 Å². The number of allylic oxidation sites excluding steroid dienone is 1. The molecule has 0 spiro atoms. The smallest absolute Gasteiger partial charge is 0.262 e. The molecule has 0 fully saturated rings. The van der Waals surface area contributed by atoms with Crippen LogP contribution in [0.4, 0.5) is 5.69 Å². The predicted octanol–water partition coefficient (Wildman–Crippen LogP) is 2.93. The molecule has 0 saturated carbocycles. The second-order valence-electron chi connectivity index (χ2n) is 6.18. The molecule has 1 amide bonds. The molecule has 1 aliphatic heterocycles. The molecule has 1 aromatic heterocycles. The second kappa shape index (κ2) is 7.48. The number of nitrogens with one attached hydrogen (secondary N) is 1. The van der Waals surface area contributed by atoms with Crippen LogP contribution in [-0.2, 0) is 11.3 Å². The van der Waals surface area contributed by atoms with Gasteiger partial charge >= 0.3 is 0 Å². The lowest BCUT2D eigenvalue weighted by atomic mass is 10.1. The van der Waals surface area contributed by atoms with Crippen LogP contribution >= 0.6 is 0 Å². The summed E-state index contributed by atoms with van der Waals surface area (Å²) in [5.74, 6) is 1.38. The Morgan fingerprint density at radius 2 is 2.04 bits per heavy atom. The molecule has 7 nitrogen and oxygen atoms in total. The molecule has 7 heteroatoms. The molecule has 4 rings (SSSR count). The normalized spacial score (nSPS) is 12.0. The van der Waals surface area contributed by atoms with Gasteiger partial charge in [-0.2, -0.15) is 0 Å². The topological polar surface area (TPSA) is 78.8 Å². The first-order chi connectivity index (χ1) is 13.7. The summed E-state index contributed by atoms with van der Waals surface area (Å²) in [7, 11) is 0. The van der Waals surface area contributed by atoms with E-state index in [1.165, 1.54) is 0 Å². The van der Waals surface area contributed by atoms with Crippen molar-refractivity contribution in [1.82, 2.24) is 4.57 Å². The fourth-order valence-corrected chi connectivity index (χ4v) is 3.01. The van der Waals surface area contributed by atoms with Crippen molar-refractivity contribution < 1.29 is 19.0 Å². The van der Waals surface area contributed by atoms with Gasteiger partial charge in [0, 0.05) is 29.9 Å². The van der Waals surface area contributed by atoms with Crippen LogP contribution in [0.2, 0.25) is 0 Å². The number of rotatable bonds is 6. The van der Waals surface area contributed by atoms with E-state index in [2.05, 4.69) is 11.9 Å². The second-order valence-corrected chi connectivity index (χ2v) is 6.18. The molecular formula is C21H18N2O5. The number of amides is 1. The van der Waals surface area contributed by atoms with Gasteiger partial charge in [0.05, 0.1) is 5.39 Å². The van der Waals surface area contributed by atoms with Gasteiger partial charge in [-0.3, -0.25) is 9.59 Å². The summed E-state index contributed by atoms with van der Waals surface area (Å²) in [6.45, 7) is 4.06. The van der Waals surface area contributed by atoms with Crippen molar-refractivity contribution in [1.29, 1.82) is 0 Å². The minimum atomic E-state index is -0.323. The Hall–Kier alpha value is -3.74. The molecule has 3 aromatic rings. The lowest BCUT2D eigenvalue weighted by Crippen LogP contribution is -2.21. The Labute approximate surface area is 160 Å². The number of pyridine rings is 1. The van der Waals surface area contributed by atoms with E-state index >= 15 is 0 Å². The van der Waals surface area contributed by atoms with Gasteiger partial charge in [0.25, 0.3) is 11.5 Å². The van der Waals surface area contributed by atoms with E-state index in [0.29, 0.717) is 40.3 Å². The van der Waals surface area contributed by atoms with Gasteiger partial charge in [-0.1, -0.05) is 12.1 Å². The Balaban J connectivity index is 1.48. The van der Waals surface area contributed by atoms with E-state index in [-0.39, 0.29) is 24.9 Å². The van der Waals surface area contributed by atoms with Crippen LogP contribution in [0.5, 0.6) is 17.2 Å². The fourth-order valence-electron chi connectivity index (χ4n) is 3.01. The first-order valence-electron chi connectivity index (χ1n) is 8.71. The van der Waals surface area contributed by atoms with E-state index in [1.54, 1.807) is 59.3 Å². The van der Waals surface area contributed by atoms with Crippen LogP contribution in [0.1, 0.15) is 0 Å². The summed E-state index contributed by atoms with van der Waals surface area (Å²) in [4.78, 5) is 24.7. The molecule has 28 heavy (non-hydrogen) atoms. The first-order valence-corrected chi connectivity index (χ1v) is 8.71.